The molecule has 0 heterocycles. The topological polar surface area (TPSA) is 101 Å². The fourth-order valence-corrected chi connectivity index (χ4v) is 1.36. The molecular weight excluding hydrogens is 192 g/mol. The first-order chi connectivity index (χ1) is 6.41. The number of carboxylic acid groups (broad SMARTS) is 2. The van der Waals surface area contributed by atoms with Gasteiger partial charge in [0, 0.05) is 12.8 Å². The summed E-state index contributed by atoms with van der Waals surface area (Å²) in [5, 5.41) is 17.4. The predicted molar refractivity (Wildman–Crippen MR) is 42.4 cm³/mol. The number of rotatable bonds is 4. The fourth-order valence-electron chi connectivity index (χ4n) is 1.36. The van der Waals surface area contributed by atoms with Crippen LogP contribution in [0.2, 0.25) is 0 Å². The molecule has 1 aliphatic carbocycles. The predicted octanol–water partition coefficient (Wildman–Crippen LogP) is -0.275. The Labute approximate surface area is 79.5 Å². The zero-order valence-corrected chi connectivity index (χ0v) is 7.52. The lowest BCUT2D eigenvalue weighted by atomic mass is 10.1. The van der Waals surface area contributed by atoms with Crippen LogP contribution in [0.25, 0.3) is 0 Å². The largest absolute Gasteiger partial charge is 0.480 e. The molecule has 1 fully saturated rings. The Balaban J connectivity index is 2.58. The molecule has 0 aromatic carbocycles. The van der Waals surface area contributed by atoms with Gasteiger partial charge in [0.1, 0.15) is 0 Å². The first-order valence-electron chi connectivity index (χ1n) is 4.01. The van der Waals surface area contributed by atoms with Crippen molar-refractivity contribution in [1.82, 2.24) is 0 Å². The van der Waals surface area contributed by atoms with Gasteiger partial charge in [0.05, 0.1) is 6.61 Å². The summed E-state index contributed by atoms with van der Waals surface area (Å²) in [6.07, 6.45) is 0.0188. The van der Waals surface area contributed by atoms with Gasteiger partial charge < -0.3 is 14.9 Å². The monoisotopic (exact) mass is 202 g/mol. The highest BCUT2D eigenvalue weighted by molar-refractivity contribution is 6.02. The van der Waals surface area contributed by atoms with E-state index in [1.165, 1.54) is 6.92 Å². The quantitative estimate of drug-likeness (QED) is 0.480. The number of aliphatic carboxylic acids is 2. The molecule has 0 amide bonds. The third-order valence-corrected chi connectivity index (χ3v) is 2.36. The molecule has 0 bridgehead atoms. The smallest absolute Gasteiger partial charge is 0.321 e. The van der Waals surface area contributed by atoms with Crippen LogP contribution in [-0.4, -0.2) is 34.7 Å². The molecule has 6 heteroatoms. The maximum absolute atomic E-state index is 10.7. The molecule has 2 N–H and O–H groups in total. The zero-order valence-electron chi connectivity index (χ0n) is 7.52. The molecule has 0 saturated heterocycles. The number of carbonyl (C=O) groups excluding carboxylic acids is 1. The van der Waals surface area contributed by atoms with E-state index in [2.05, 4.69) is 4.74 Å². The lowest BCUT2D eigenvalue weighted by Crippen LogP contribution is -2.28. The van der Waals surface area contributed by atoms with Crippen molar-refractivity contribution in [2.24, 2.45) is 11.3 Å². The second-order valence-corrected chi connectivity index (χ2v) is 3.29. The van der Waals surface area contributed by atoms with Crippen molar-refractivity contribution in [3.63, 3.8) is 0 Å². The summed E-state index contributed by atoms with van der Waals surface area (Å²) in [5.41, 5.74) is -1.74. The van der Waals surface area contributed by atoms with Gasteiger partial charge in [-0.25, -0.2) is 0 Å². The molecule has 1 rings (SSSR count). The van der Waals surface area contributed by atoms with Gasteiger partial charge in [-0.3, -0.25) is 14.4 Å². The number of ether oxygens (including phenoxy) is 1. The van der Waals surface area contributed by atoms with Gasteiger partial charge in [-0.1, -0.05) is 0 Å². The van der Waals surface area contributed by atoms with Crippen molar-refractivity contribution < 1.29 is 29.3 Å². The molecule has 1 unspecified atom stereocenters. The first-order valence-corrected chi connectivity index (χ1v) is 4.01. The SMILES string of the molecule is CC(=O)OCC1CC1(C(=O)O)C(=O)O. The van der Waals surface area contributed by atoms with Crippen LogP contribution in [0, 0.1) is 11.3 Å². The van der Waals surface area contributed by atoms with Gasteiger partial charge in [0.25, 0.3) is 0 Å². The second kappa shape index (κ2) is 3.28. The molecule has 14 heavy (non-hydrogen) atoms. The van der Waals surface area contributed by atoms with E-state index < -0.39 is 29.2 Å². The van der Waals surface area contributed by atoms with Crippen molar-refractivity contribution in [2.75, 3.05) is 6.61 Å². The summed E-state index contributed by atoms with van der Waals surface area (Å²) in [7, 11) is 0. The minimum absolute atomic E-state index is 0.0188. The van der Waals surface area contributed by atoms with E-state index in [0.717, 1.165) is 0 Å². The minimum Gasteiger partial charge on any atom is -0.480 e. The summed E-state index contributed by atoms with van der Waals surface area (Å²) >= 11 is 0. The molecular formula is C8H10O6. The van der Waals surface area contributed by atoms with Crippen molar-refractivity contribution in [2.45, 2.75) is 13.3 Å². The molecule has 1 atom stereocenters. The Morgan fingerprint density at radius 3 is 2.14 bits per heavy atom. The van der Waals surface area contributed by atoms with Crippen LogP contribution in [0.15, 0.2) is 0 Å². The number of hydrogen-bond acceptors (Lipinski definition) is 4. The zero-order chi connectivity index (χ0) is 10.9. The van der Waals surface area contributed by atoms with Crippen molar-refractivity contribution in [3.8, 4) is 0 Å². The van der Waals surface area contributed by atoms with Gasteiger partial charge in [-0.2, -0.15) is 0 Å². The number of carboxylic acids is 2. The van der Waals surface area contributed by atoms with Crippen LogP contribution in [-0.2, 0) is 19.1 Å². The van der Waals surface area contributed by atoms with Gasteiger partial charge in [0.15, 0.2) is 5.41 Å². The summed E-state index contributed by atoms with van der Waals surface area (Å²) in [6, 6.07) is 0. The van der Waals surface area contributed by atoms with E-state index in [0.29, 0.717) is 0 Å². The van der Waals surface area contributed by atoms with E-state index in [9.17, 15) is 14.4 Å². The Morgan fingerprint density at radius 1 is 1.36 bits per heavy atom. The van der Waals surface area contributed by atoms with Crippen LogP contribution >= 0.6 is 0 Å². The maximum atomic E-state index is 10.7. The van der Waals surface area contributed by atoms with Crippen molar-refractivity contribution in [1.29, 1.82) is 0 Å². The molecule has 0 aliphatic heterocycles. The number of hydrogen-bond donors (Lipinski definition) is 2. The standard InChI is InChI=1S/C8H10O6/c1-4(9)14-3-5-2-8(5,6(10)11)7(12)13/h5H,2-3H2,1H3,(H,10,11)(H,12,13). The highest BCUT2D eigenvalue weighted by Gasteiger charge is 2.67. The average Bonchev–Trinajstić information content (AvgIpc) is 2.75. The second-order valence-electron chi connectivity index (χ2n) is 3.29. The van der Waals surface area contributed by atoms with Gasteiger partial charge in [-0.15, -0.1) is 0 Å². The van der Waals surface area contributed by atoms with Crippen LogP contribution in [0.4, 0.5) is 0 Å². The van der Waals surface area contributed by atoms with Gasteiger partial charge >= 0.3 is 17.9 Å². The number of carbonyl (C=O) groups is 3. The summed E-state index contributed by atoms with van der Waals surface area (Å²) in [4.78, 5) is 31.7. The molecule has 0 aromatic rings. The lowest BCUT2D eigenvalue weighted by Gasteiger charge is -2.06. The molecule has 0 radical (unpaired) electrons. The molecule has 78 valence electrons. The summed E-state index contributed by atoms with van der Waals surface area (Å²) < 4.78 is 4.56. The number of esters is 1. The normalized spacial score (nSPS) is 22.5. The Bertz CT molecular complexity index is 280. The van der Waals surface area contributed by atoms with Gasteiger partial charge in [-0.05, 0) is 6.42 Å². The third kappa shape index (κ3) is 1.55. The lowest BCUT2D eigenvalue weighted by molar-refractivity contribution is -0.159. The fraction of sp³-hybridized carbons (Fsp3) is 0.625. The molecule has 1 saturated carbocycles. The Hall–Kier alpha value is -1.59. The van der Waals surface area contributed by atoms with Crippen LogP contribution < -0.4 is 0 Å². The van der Waals surface area contributed by atoms with E-state index in [4.69, 9.17) is 10.2 Å². The highest BCUT2D eigenvalue weighted by atomic mass is 16.5. The average molecular weight is 202 g/mol. The molecule has 0 aromatic heterocycles. The molecule has 6 nitrogen and oxygen atoms in total. The van der Waals surface area contributed by atoms with E-state index in [1.807, 2.05) is 0 Å². The van der Waals surface area contributed by atoms with Crippen molar-refractivity contribution >= 4 is 17.9 Å². The minimum atomic E-state index is -1.74. The summed E-state index contributed by atoms with van der Waals surface area (Å²) in [5.74, 6) is -3.90. The van der Waals surface area contributed by atoms with E-state index in [1.54, 1.807) is 0 Å². The Kier molecular flexibility index (Phi) is 2.46. The molecule has 0 spiro atoms. The van der Waals surface area contributed by atoms with Crippen LogP contribution in [0.3, 0.4) is 0 Å². The van der Waals surface area contributed by atoms with Crippen LogP contribution in [0.5, 0.6) is 0 Å². The van der Waals surface area contributed by atoms with Crippen molar-refractivity contribution in [3.05, 3.63) is 0 Å². The maximum Gasteiger partial charge on any atom is 0.321 e. The molecule has 1 aliphatic rings. The van der Waals surface area contributed by atoms with Gasteiger partial charge in [0.2, 0.25) is 0 Å². The third-order valence-electron chi connectivity index (χ3n) is 2.36. The highest BCUT2D eigenvalue weighted by Crippen LogP contribution is 2.53. The summed E-state index contributed by atoms with van der Waals surface area (Å²) in [6.45, 7) is 1.04. The van der Waals surface area contributed by atoms with Crippen LogP contribution in [0.1, 0.15) is 13.3 Å². The van der Waals surface area contributed by atoms with E-state index in [-0.39, 0.29) is 13.0 Å². The Morgan fingerprint density at radius 2 is 1.86 bits per heavy atom. The first kappa shape index (κ1) is 10.5. The van der Waals surface area contributed by atoms with E-state index >= 15 is 0 Å².